The molecular formula is C20H15BrFNO3S2. The summed E-state index contributed by atoms with van der Waals surface area (Å²) in [4.78, 5) is 13.2. The first-order valence-electron chi connectivity index (χ1n) is 8.45. The number of hydrogen-bond acceptors (Lipinski definition) is 4. The Morgan fingerprint density at radius 3 is 2.75 bits per heavy atom. The van der Waals surface area contributed by atoms with Crippen LogP contribution in [-0.4, -0.2) is 14.3 Å². The molecule has 0 saturated heterocycles. The Morgan fingerprint density at radius 1 is 1.21 bits per heavy atom. The lowest BCUT2D eigenvalue weighted by Crippen LogP contribution is -2.24. The highest BCUT2D eigenvalue weighted by molar-refractivity contribution is 9.10. The molecule has 0 unspecified atom stereocenters. The van der Waals surface area contributed by atoms with E-state index in [2.05, 4.69) is 21.2 Å². The van der Waals surface area contributed by atoms with Crippen molar-refractivity contribution in [2.75, 3.05) is 5.32 Å². The number of carbonyl (C=O) groups is 1. The number of aryl methyl sites for hydroxylation is 1. The predicted octanol–water partition coefficient (Wildman–Crippen LogP) is 5.27. The molecule has 28 heavy (non-hydrogen) atoms. The van der Waals surface area contributed by atoms with Crippen LogP contribution in [0.2, 0.25) is 0 Å². The summed E-state index contributed by atoms with van der Waals surface area (Å²) in [5.41, 5.74) is 1.45. The van der Waals surface area contributed by atoms with Gasteiger partial charge in [-0.2, -0.15) is 0 Å². The molecule has 0 aliphatic carbocycles. The summed E-state index contributed by atoms with van der Waals surface area (Å²) in [5, 5.41) is 4.22. The Labute approximate surface area is 174 Å². The fourth-order valence-corrected chi connectivity index (χ4v) is 6.73. The number of hydrogen-bond donors (Lipinski definition) is 1. The van der Waals surface area contributed by atoms with Crippen LogP contribution in [0.15, 0.2) is 62.1 Å². The van der Waals surface area contributed by atoms with Crippen molar-refractivity contribution < 1.29 is 17.6 Å². The molecule has 2 aromatic carbocycles. The number of benzene rings is 2. The molecule has 2 heterocycles. The van der Waals surface area contributed by atoms with Gasteiger partial charge in [-0.25, -0.2) is 12.8 Å². The van der Waals surface area contributed by atoms with Gasteiger partial charge in [-0.05, 0) is 48.4 Å². The van der Waals surface area contributed by atoms with Crippen LogP contribution in [-0.2, 0) is 14.6 Å². The highest BCUT2D eigenvalue weighted by atomic mass is 79.9. The normalized spacial score (nSPS) is 16.5. The van der Waals surface area contributed by atoms with E-state index in [0.717, 1.165) is 5.56 Å². The molecule has 0 spiro atoms. The maximum Gasteiger partial charge on any atom is 0.225 e. The van der Waals surface area contributed by atoms with Crippen LogP contribution in [0.3, 0.4) is 0 Å². The van der Waals surface area contributed by atoms with Gasteiger partial charge in [-0.3, -0.25) is 4.79 Å². The second-order valence-electron chi connectivity index (χ2n) is 6.63. The van der Waals surface area contributed by atoms with E-state index < -0.39 is 21.6 Å². The number of thiophene rings is 1. The molecule has 0 fully saturated rings. The van der Waals surface area contributed by atoms with Gasteiger partial charge in [0.2, 0.25) is 15.7 Å². The third-order valence-corrected chi connectivity index (χ3v) is 8.19. The van der Waals surface area contributed by atoms with E-state index in [1.165, 1.54) is 28.8 Å². The zero-order chi connectivity index (χ0) is 20.1. The van der Waals surface area contributed by atoms with Gasteiger partial charge in [0.05, 0.1) is 10.6 Å². The minimum atomic E-state index is -3.81. The van der Waals surface area contributed by atoms with Gasteiger partial charge in [-0.1, -0.05) is 28.1 Å². The molecule has 1 aliphatic rings. The number of halogens is 2. The lowest BCUT2D eigenvalue weighted by Gasteiger charge is -2.24. The Bertz CT molecular complexity index is 1200. The average Bonchev–Trinajstić information content (AvgIpc) is 3.07. The average molecular weight is 480 g/mol. The maximum atomic E-state index is 14.5. The Morgan fingerprint density at radius 2 is 2.00 bits per heavy atom. The minimum absolute atomic E-state index is 0.0477. The van der Waals surface area contributed by atoms with Gasteiger partial charge in [-0.15, -0.1) is 11.3 Å². The van der Waals surface area contributed by atoms with Gasteiger partial charge in [0, 0.05) is 27.1 Å². The van der Waals surface area contributed by atoms with E-state index in [0.29, 0.717) is 14.9 Å². The predicted molar refractivity (Wildman–Crippen MR) is 110 cm³/mol. The molecule has 1 aromatic heterocycles. The monoisotopic (exact) mass is 479 g/mol. The van der Waals surface area contributed by atoms with Gasteiger partial charge in [0.15, 0.2) is 0 Å². The summed E-state index contributed by atoms with van der Waals surface area (Å²) in [6.07, 6.45) is 0.0603. The van der Waals surface area contributed by atoms with Gasteiger partial charge < -0.3 is 5.32 Å². The second kappa shape index (κ2) is 7.09. The van der Waals surface area contributed by atoms with Crippen molar-refractivity contribution in [2.45, 2.75) is 29.1 Å². The molecule has 8 heteroatoms. The first-order valence-corrected chi connectivity index (χ1v) is 11.6. The first-order chi connectivity index (χ1) is 13.3. The van der Waals surface area contributed by atoms with E-state index >= 15 is 0 Å². The van der Waals surface area contributed by atoms with Crippen LogP contribution in [0, 0.1) is 12.7 Å². The van der Waals surface area contributed by atoms with Gasteiger partial charge >= 0.3 is 0 Å². The van der Waals surface area contributed by atoms with Crippen LogP contribution in [0.4, 0.5) is 10.1 Å². The lowest BCUT2D eigenvalue weighted by atomic mass is 9.90. The molecular weight excluding hydrogens is 465 g/mol. The number of rotatable bonds is 3. The molecule has 3 aromatic rings. The summed E-state index contributed by atoms with van der Waals surface area (Å²) in [5.74, 6) is -1.30. The van der Waals surface area contributed by atoms with Gasteiger partial charge in [0.25, 0.3) is 0 Å². The van der Waals surface area contributed by atoms with E-state index in [-0.39, 0.29) is 27.8 Å². The molecule has 0 radical (unpaired) electrons. The first kappa shape index (κ1) is 19.3. The second-order valence-corrected chi connectivity index (χ2v) is 10.4. The number of sulfone groups is 1. The van der Waals surface area contributed by atoms with Crippen molar-refractivity contribution >= 4 is 48.7 Å². The zero-order valence-corrected chi connectivity index (χ0v) is 17.9. The van der Waals surface area contributed by atoms with Crippen LogP contribution < -0.4 is 5.32 Å². The van der Waals surface area contributed by atoms with Crippen molar-refractivity contribution in [3.63, 3.8) is 0 Å². The molecule has 0 saturated carbocycles. The summed E-state index contributed by atoms with van der Waals surface area (Å²) in [6.45, 7) is 1.82. The van der Waals surface area contributed by atoms with Crippen LogP contribution in [0.25, 0.3) is 0 Å². The topological polar surface area (TPSA) is 63.2 Å². The quantitative estimate of drug-likeness (QED) is 0.556. The van der Waals surface area contributed by atoms with Crippen LogP contribution in [0.5, 0.6) is 0 Å². The molecule has 4 rings (SSSR count). The van der Waals surface area contributed by atoms with Crippen molar-refractivity contribution in [3.05, 3.63) is 74.1 Å². The molecule has 4 nitrogen and oxygen atoms in total. The third-order valence-electron chi connectivity index (χ3n) is 4.68. The highest BCUT2D eigenvalue weighted by Gasteiger charge is 2.35. The minimum Gasteiger partial charge on any atom is -0.324 e. The van der Waals surface area contributed by atoms with Gasteiger partial charge in [0.1, 0.15) is 10.7 Å². The Balaban J connectivity index is 1.87. The summed E-state index contributed by atoms with van der Waals surface area (Å²) in [6, 6.07) is 11.2. The third kappa shape index (κ3) is 3.29. The fourth-order valence-electron chi connectivity index (χ4n) is 3.34. The number of nitrogens with one attached hydrogen (secondary N) is 1. The standard InChI is InChI=1S/C20H15BrFNO3S2/c1-11-3-2-4-13(7-11)28(25,26)17-10-27-20-15(9-18(24)23-19(17)20)14-8-12(21)5-6-16(14)22/h2-8,10,15H,9H2,1H3,(H,23,24)/t15-/m0/s1. The number of fused-ring (bicyclic) bond motifs is 1. The SMILES string of the molecule is Cc1cccc(S(=O)(=O)c2csc3c2NC(=O)C[C@H]3c2cc(Br)ccc2F)c1. The number of amides is 1. The summed E-state index contributed by atoms with van der Waals surface area (Å²) < 4.78 is 41.5. The molecule has 1 N–H and O–H groups in total. The van der Waals surface area contributed by atoms with Crippen molar-refractivity contribution in [1.29, 1.82) is 0 Å². The molecule has 1 amide bonds. The number of carbonyl (C=O) groups excluding carboxylic acids is 1. The maximum absolute atomic E-state index is 14.5. The summed E-state index contributed by atoms with van der Waals surface area (Å²) >= 11 is 4.55. The van der Waals surface area contributed by atoms with Crippen LogP contribution >= 0.6 is 27.3 Å². The molecule has 1 atom stereocenters. The van der Waals surface area contributed by atoms with E-state index in [9.17, 15) is 17.6 Å². The van der Waals surface area contributed by atoms with Crippen molar-refractivity contribution in [2.24, 2.45) is 0 Å². The lowest BCUT2D eigenvalue weighted by molar-refractivity contribution is -0.116. The Kier molecular flexibility index (Phi) is 4.89. The highest BCUT2D eigenvalue weighted by Crippen LogP contribution is 2.46. The zero-order valence-electron chi connectivity index (χ0n) is 14.7. The molecule has 1 aliphatic heterocycles. The van der Waals surface area contributed by atoms with E-state index in [1.54, 1.807) is 24.3 Å². The van der Waals surface area contributed by atoms with E-state index in [1.807, 2.05) is 13.0 Å². The smallest absolute Gasteiger partial charge is 0.225 e. The fraction of sp³-hybridized carbons (Fsp3) is 0.150. The summed E-state index contributed by atoms with van der Waals surface area (Å²) in [7, 11) is -3.81. The van der Waals surface area contributed by atoms with Crippen LogP contribution in [0.1, 0.15) is 28.3 Å². The Hall–Kier alpha value is -2.03. The number of anilines is 1. The molecule has 144 valence electrons. The molecule has 0 bridgehead atoms. The van der Waals surface area contributed by atoms with E-state index in [4.69, 9.17) is 0 Å². The largest absolute Gasteiger partial charge is 0.324 e. The van der Waals surface area contributed by atoms with Crippen molar-refractivity contribution in [3.8, 4) is 0 Å². The van der Waals surface area contributed by atoms with Crippen molar-refractivity contribution in [1.82, 2.24) is 0 Å².